The maximum atomic E-state index is 12.2. The maximum Gasteiger partial charge on any atom is 0.508 e. The molecular weight excluding hydrogens is 1120 g/mol. The van der Waals surface area contributed by atoms with Crippen molar-refractivity contribution in [2.24, 2.45) is 0 Å². The summed E-state index contributed by atoms with van der Waals surface area (Å²) in [5, 5.41) is 25.6. The van der Waals surface area contributed by atoms with Crippen LogP contribution in [0.15, 0.2) is 97.1 Å². The van der Waals surface area contributed by atoms with E-state index in [4.69, 9.17) is 39.0 Å². The Morgan fingerprint density at radius 1 is 0.373 bits per heavy atom. The monoisotopic (exact) mass is 1170 g/mol. The Morgan fingerprint density at radius 2 is 0.602 bits per heavy atom. The molecule has 3 N–H and O–H groups in total. The van der Waals surface area contributed by atoms with Crippen LogP contribution in [0.3, 0.4) is 0 Å². The summed E-state index contributed by atoms with van der Waals surface area (Å²) in [7, 11) is 0. The summed E-state index contributed by atoms with van der Waals surface area (Å²) >= 11 is 0. The molecule has 0 bridgehead atoms. The van der Waals surface area contributed by atoms with Gasteiger partial charge in [-0.1, -0.05) is 48.5 Å². The van der Waals surface area contributed by atoms with E-state index in [-0.39, 0.29) is 91.2 Å². The minimum Gasteiger partial charge on any atom is -0.478 e. The molecule has 31 heteroatoms. The van der Waals surface area contributed by atoms with E-state index >= 15 is 0 Å². The van der Waals surface area contributed by atoms with Crippen LogP contribution in [0, 0.1) is 0 Å². The number of ether oxygens (including phenoxy) is 15. The van der Waals surface area contributed by atoms with Crippen molar-refractivity contribution in [3.05, 3.63) is 142 Å². The third kappa shape index (κ3) is 18.2. The number of carbonyl (C=O) groups excluding carboxylic acids is 12. The van der Waals surface area contributed by atoms with Gasteiger partial charge in [0.1, 0.15) is 52.9 Å². The topological polar surface area (TPSA) is 421 Å². The molecule has 0 aliphatic carbocycles. The highest BCUT2D eigenvalue weighted by atomic mass is 16.8. The number of hydrogen-bond acceptors (Lipinski definition) is 30. The van der Waals surface area contributed by atoms with Crippen molar-refractivity contribution in [1.29, 1.82) is 0 Å². The maximum absolute atomic E-state index is 12.2. The largest absolute Gasteiger partial charge is 0.508 e. The van der Waals surface area contributed by atoms with Crippen LogP contribution < -0.4 is 0 Å². The summed E-state index contributed by atoms with van der Waals surface area (Å²) in [5.74, 6) is -5.77. The Morgan fingerprint density at radius 3 is 0.819 bits per heavy atom. The number of carboxylic acid groups (broad SMARTS) is 1. The van der Waals surface area contributed by atoms with Gasteiger partial charge in [0.15, 0.2) is 30.5 Å². The van der Waals surface area contributed by atoms with Crippen LogP contribution in [0.25, 0.3) is 0 Å². The molecule has 5 fully saturated rings. The van der Waals surface area contributed by atoms with Crippen LogP contribution in [0.4, 0.5) is 24.0 Å². The van der Waals surface area contributed by atoms with Gasteiger partial charge in [-0.3, -0.25) is 0 Å². The summed E-state index contributed by atoms with van der Waals surface area (Å²) in [6.45, 7) is -0.587. The predicted octanol–water partition coefficient (Wildman–Crippen LogP) is 3.66. The average molecular weight is 1170 g/mol. The fourth-order valence-electron chi connectivity index (χ4n) is 6.74. The molecule has 7 heterocycles. The number of aliphatic hydroxyl groups excluding tert-OH is 2. The molecular formula is C52H48O31. The predicted molar refractivity (Wildman–Crippen MR) is 263 cm³/mol. The standard InChI is InChI=1S/C16H14O10.C12H10O7.2C8H4O3.2C4H6O4.2H2/c17-13(21-5-9-7-23-15(19)25-9)11-3-1-2-4-12(11)14(18)22-6-10-8-24-16(20)26-10;13-10(14)8-3-1-2-4-9(8)11(15)17-5-7-6-18-12(16)19-7;2*9-7-5-3-1-2-4-6(5)8(10)11-7;2*5-1-3-2-7-4(6)8-3;;/h1-4,9-10H,5-8H2;1-4,7H,5-6H2,(H,13,14);2*1-4H;2*3,5H,1-2H2;2*1H/i;;;;;;2*1+1. The minimum absolute atomic E-state index is 0. The van der Waals surface area contributed by atoms with Gasteiger partial charge in [0.2, 0.25) is 0 Å². The molecule has 5 unspecified atom stereocenters. The first-order valence-electron chi connectivity index (χ1n) is 23.9. The smallest absolute Gasteiger partial charge is 0.478 e. The molecule has 0 radical (unpaired) electrons. The van der Waals surface area contributed by atoms with Crippen LogP contribution >= 0.6 is 0 Å². The van der Waals surface area contributed by atoms with E-state index < -0.39 is 109 Å². The molecule has 442 valence electrons. The molecule has 5 saturated heterocycles. The number of esters is 7. The Bertz CT molecular complexity index is 2900. The number of aliphatic hydroxyl groups is 2. The van der Waals surface area contributed by atoms with Crippen LogP contribution in [-0.4, -0.2) is 190 Å². The highest BCUT2D eigenvalue weighted by Crippen LogP contribution is 2.21. The Balaban J connectivity index is 0.000000231. The summed E-state index contributed by atoms with van der Waals surface area (Å²) < 4.78 is 69.0. The number of carboxylic acids is 1. The normalized spacial score (nSPS) is 19.7. The van der Waals surface area contributed by atoms with Gasteiger partial charge in [-0.2, -0.15) is 0 Å². The molecule has 7 aliphatic heterocycles. The van der Waals surface area contributed by atoms with Crippen molar-refractivity contribution in [1.82, 2.24) is 0 Å². The molecule has 0 amide bonds. The fourth-order valence-corrected chi connectivity index (χ4v) is 6.74. The van der Waals surface area contributed by atoms with E-state index in [0.717, 1.165) is 0 Å². The van der Waals surface area contributed by atoms with E-state index in [2.05, 4.69) is 47.4 Å². The quantitative estimate of drug-likeness (QED) is 0.103. The second kappa shape index (κ2) is 30.1. The Kier molecular flexibility index (Phi) is 22.3. The first-order valence-corrected chi connectivity index (χ1v) is 23.9. The van der Waals surface area contributed by atoms with Gasteiger partial charge >= 0.3 is 78.5 Å². The SMILES string of the molecule is O=C1OC(=O)c2ccccc21.O=C1OC(=O)c2ccccc21.O=C1OCC(CO)O1.O=C1OCC(CO)O1.O=C1OCC(COC(=O)c2ccccc2C(=O)O)O1.O=C1OCC(COC(=O)c2ccccc2C(=O)OCC2COC(=O)O2)O1.[2HH].[2HH]. The van der Waals surface area contributed by atoms with Crippen LogP contribution in [0.5, 0.6) is 0 Å². The highest BCUT2D eigenvalue weighted by molar-refractivity contribution is 6.15. The lowest BCUT2D eigenvalue weighted by Crippen LogP contribution is -2.24. The number of fused-ring (bicyclic) bond motifs is 2. The van der Waals surface area contributed by atoms with E-state index in [0.29, 0.717) is 22.3 Å². The van der Waals surface area contributed by atoms with E-state index in [9.17, 15) is 62.3 Å². The highest BCUT2D eigenvalue weighted by Gasteiger charge is 2.32. The van der Waals surface area contributed by atoms with E-state index in [1.165, 1.54) is 36.4 Å². The lowest BCUT2D eigenvalue weighted by Gasteiger charge is -2.12. The van der Waals surface area contributed by atoms with Crippen molar-refractivity contribution in [2.75, 3.05) is 66.1 Å². The Labute approximate surface area is 467 Å². The van der Waals surface area contributed by atoms with Crippen LogP contribution in [-0.2, 0) is 71.1 Å². The molecule has 0 spiro atoms. The lowest BCUT2D eigenvalue weighted by atomic mass is 10.1. The van der Waals surface area contributed by atoms with Gasteiger partial charge in [-0.05, 0) is 48.5 Å². The number of hydrogen-bond donors (Lipinski definition) is 3. The zero-order valence-corrected chi connectivity index (χ0v) is 42.5. The number of carbonyl (C=O) groups is 13. The van der Waals surface area contributed by atoms with Gasteiger partial charge in [0, 0.05) is 2.85 Å². The summed E-state index contributed by atoms with van der Waals surface area (Å²) in [4.78, 5) is 143. The number of cyclic esters (lactones) is 14. The average Bonchev–Trinajstić information content (AvgIpc) is 4.19. The molecule has 11 rings (SSSR count). The molecule has 5 atom stereocenters. The zero-order chi connectivity index (χ0) is 60.0. The molecule has 83 heavy (non-hydrogen) atoms. The van der Waals surface area contributed by atoms with Gasteiger partial charge < -0.3 is 86.4 Å². The van der Waals surface area contributed by atoms with E-state index in [1.54, 1.807) is 60.7 Å². The second-order valence-electron chi connectivity index (χ2n) is 16.5. The molecule has 7 aliphatic rings. The van der Waals surface area contributed by atoms with Gasteiger partial charge in [0.05, 0.1) is 57.7 Å². The summed E-state index contributed by atoms with van der Waals surface area (Å²) in [6.07, 6.45) is -6.78. The van der Waals surface area contributed by atoms with Gasteiger partial charge in [-0.25, -0.2) is 62.3 Å². The molecule has 4 aromatic rings. The number of rotatable bonds is 12. The number of aromatic carboxylic acids is 1. The van der Waals surface area contributed by atoms with Crippen molar-refractivity contribution in [3.63, 3.8) is 0 Å². The third-order valence-electron chi connectivity index (χ3n) is 10.7. The lowest BCUT2D eigenvalue weighted by molar-refractivity contribution is 0.0263. The van der Waals surface area contributed by atoms with Gasteiger partial charge in [-0.15, -0.1) is 0 Å². The first-order chi connectivity index (χ1) is 39.8. The summed E-state index contributed by atoms with van der Waals surface area (Å²) in [5.41, 5.74) is 1.21. The van der Waals surface area contributed by atoms with Crippen molar-refractivity contribution in [3.8, 4) is 0 Å². The number of benzene rings is 4. The van der Waals surface area contributed by atoms with Gasteiger partial charge in [0.25, 0.3) is 0 Å². The molecule has 31 nitrogen and oxygen atoms in total. The van der Waals surface area contributed by atoms with Crippen molar-refractivity contribution < 1.29 is 152 Å². The van der Waals surface area contributed by atoms with Crippen molar-refractivity contribution in [2.45, 2.75) is 30.5 Å². The minimum atomic E-state index is -1.22. The molecule has 4 aromatic carbocycles. The second-order valence-corrected chi connectivity index (χ2v) is 16.5. The van der Waals surface area contributed by atoms with Crippen molar-refractivity contribution >= 4 is 78.5 Å². The van der Waals surface area contributed by atoms with Crippen LogP contribution in [0.2, 0.25) is 0 Å². The summed E-state index contributed by atoms with van der Waals surface area (Å²) in [6, 6.07) is 24.7. The molecule has 0 saturated carbocycles. The van der Waals surface area contributed by atoms with E-state index in [1.807, 2.05) is 0 Å². The first kappa shape index (κ1) is 61.5. The molecule has 0 aromatic heterocycles. The zero-order valence-electron chi connectivity index (χ0n) is 42.5. The fraction of sp³-hybridized carbons (Fsp3) is 0.288. The Hall–Kier alpha value is -10.7. The van der Waals surface area contributed by atoms with Crippen LogP contribution in [0.1, 0.15) is 85.7 Å². The third-order valence-corrected chi connectivity index (χ3v) is 10.7.